The highest BCUT2D eigenvalue weighted by molar-refractivity contribution is 6.31. The summed E-state index contributed by atoms with van der Waals surface area (Å²) in [6.45, 7) is 1.70. The van der Waals surface area contributed by atoms with Crippen LogP contribution in [0.25, 0.3) is 0 Å². The van der Waals surface area contributed by atoms with Crippen molar-refractivity contribution >= 4 is 17.9 Å². The standard InChI is InChI=1S/C16H10O4/c1-8-5-6-9(7-17)13-12(8)16(20)14-10(15(13)19)3-2-4-11(14)18/h2-7,18H,1H3. The molecule has 4 heteroatoms. The van der Waals surface area contributed by atoms with Gasteiger partial charge in [0.25, 0.3) is 0 Å². The van der Waals surface area contributed by atoms with Gasteiger partial charge in [-0.3, -0.25) is 14.4 Å². The monoisotopic (exact) mass is 266 g/mol. The van der Waals surface area contributed by atoms with E-state index in [2.05, 4.69) is 0 Å². The molecule has 2 aromatic carbocycles. The summed E-state index contributed by atoms with van der Waals surface area (Å²) in [7, 11) is 0. The number of hydrogen-bond acceptors (Lipinski definition) is 4. The largest absolute Gasteiger partial charge is 0.507 e. The number of hydrogen-bond donors (Lipinski definition) is 1. The number of aromatic hydroxyl groups is 1. The van der Waals surface area contributed by atoms with Crippen molar-refractivity contribution in [3.63, 3.8) is 0 Å². The van der Waals surface area contributed by atoms with E-state index in [1.165, 1.54) is 24.3 Å². The Bertz CT molecular complexity index is 787. The van der Waals surface area contributed by atoms with Gasteiger partial charge in [0.1, 0.15) is 5.75 Å². The van der Waals surface area contributed by atoms with Crippen molar-refractivity contribution in [3.8, 4) is 5.75 Å². The average molecular weight is 266 g/mol. The molecule has 0 heterocycles. The summed E-state index contributed by atoms with van der Waals surface area (Å²) in [5, 5.41) is 9.84. The summed E-state index contributed by atoms with van der Waals surface area (Å²) in [5.74, 6) is -1.05. The lowest BCUT2D eigenvalue weighted by Crippen LogP contribution is -2.23. The number of phenols is 1. The Morgan fingerprint density at radius 3 is 2.40 bits per heavy atom. The predicted octanol–water partition coefficient (Wildman–Crippen LogP) is 2.29. The minimum atomic E-state index is -0.422. The van der Waals surface area contributed by atoms with E-state index in [1.807, 2.05) is 0 Å². The first-order valence-electron chi connectivity index (χ1n) is 6.06. The number of rotatable bonds is 1. The van der Waals surface area contributed by atoms with Crippen LogP contribution in [-0.2, 0) is 0 Å². The highest BCUT2D eigenvalue weighted by atomic mass is 16.3. The first-order chi connectivity index (χ1) is 9.56. The summed E-state index contributed by atoms with van der Waals surface area (Å²) in [4.78, 5) is 36.2. The van der Waals surface area contributed by atoms with E-state index >= 15 is 0 Å². The van der Waals surface area contributed by atoms with Gasteiger partial charge in [0.15, 0.2) is 17.9 Å². The molecule has 0 fully saturated rings. The molecule has 0 saturated heterocycles. The number of carbonyl (C=O) groups excluding carboxylic acids is 3. The van der Waals surface area contributed by atoms with E-state index in [-0.39, 0.29) is 33.6 Å². The van der Waals surface area contributed by atoms with Crippen LogP contribution in [0.1, 0.15) is 47.8 Å². The lowest BCUT2D eigenvalue weighted by atomic mass is 9.80. The second-order valence-corrected chi connectivity index (χ2v) is 4.70. The van der Waals surface area contributed by atoms with Gasteiger partial charge in [-0.15, -0.1) is 0 Å². The van der Waals surface area contributed by atoms with Gasteiger partial charge in [-0.1, -0.05) is 24.3 Å². The van der Waals surface area contributed by atoms with E-state index in [4.69, 9.17) is 0 Å². The molecule has 0 bridgehead atoms. The van der Waals surface area contributed by atoms with Crippen LogP contribution in [0.2, 0.25) is 0 Å². The number of benzene rings is 2. The van der Waals surface area contributed by atoms with Crippen LogP contribution < -0.4 is 0 Å². The Morgan fingerprint density at radius 2 is 1.70 bits per heavy atom. The fraction of sp³-hybridized carbons (Fsp3) is 0.0625. The van der Waals surface area contributed by atoms with Crippen LogP contribution in [0.3, 0.4) is 0 Å². The van der Waals surface area contributed by atoms with Crippen molar-refractivity contribution in [3.05, 3.63) is 63.7 Å². The third kappa shape index (κ3) is 1.45. The van der Waals surface area contributed by atoms with Crippen molar-refractivity contribution in [2.75, 3.05) is 0 Å². The highest BCUT2D eigenvalue weighted by Gasteiger charge is 2.34. The summed E-state index contributed by atoms with van der Waals surface area (Å²) in [6.07, 6.45) is 0.567. The maximum atomic E-state index is 12.5. The minimum absolute atomic E-state index is 0.0103. The average Bonchev–Trinajstić information content (AvgIpc) is 2.44. The molecular weight excluding hydrogens is 256 g/mol. The Hall–Kier alpha value is -2.75. The quantitative estimate of drug-likeness (QED) is 0.686. The summed E-state index contributed by atoms with van der Waals surface area (Å²) in [6, 6.07) is 7.50. The Balaban J connectivity index is 2.44. The van der Waals surface area contributed by atoms with Crippen LogP contribution in [-0.4, -0.2) is 23.0 Å². The van der Waals surface area contributed by atoms with Crippen LogP contribution >= 0.6 is 0 Å². The molecule has 1 aliphatic rings. The van der Waals surface area contributed by atoms with Crippen molar-refractivity contribution < 1.29 is 19.5 Å². The predicted molar refractivity (Wildman–Crippen MR) is 71.5 cm³/mol. The highest BCUT2D eigenvalue weighted by Crippen LogP contribution is 2.35. The number of aldehydes is 1. The van der Waals surface area contributed by atoms with Gasteiger partial charge in [0, 0.05) is 22.3 Å². The van der Waals surface area contributed by atoms with Gasteiger partial charge in [0.2, 0.25) is 0 Å². The van der Waals surface area contributed by atoms with Crippen molar-refractivity contribution in [2.24, 2.45) is 0 Å². The third-order valence-corrected chi connectivity index (χ3v) is 3.54. The topological polar surface area (TPSA) is 71.4 Å². The zero-order valence-electron chi connectivity index (χ0n) is 10.6. The van der Waals surface area contributed by atoms with Crippen LogP contribution in [0.15, 0.2) is 30.3 Å². The number of aryl methyl sites for hydroxylation is 1. The maximum absolute atomic E-state index is 12.5. The molecule has 0 radical (unpaired) electrons. The van der Waals surface area contributed by atoms with E-state index in [0.717, 1.165) is 0 Å². The Morgan fingerprint density at radius 1 is 0.950 bits per heavy atom. The van der Waals surface area contributed by atoms with E-state index in [0.29, 0.717) is 11.8 Å². The zero-order valence-corrected chi connectivity index (χ0v) is 10.6. The van der Waals surface area contributed by atoms with Crippen LogP contribution in [0, 0.1) is 6.92 Å². The molecule has 0 aromatic heterocycles. The van der Waals surface area contributed by atoms with E-state index in [9.17, 15) is 19.5 Å². The van der Waals surface area contributed by atoms with Crippen LogP contribution in [0.4, 0.5) is 0 Å². The molecule has 20 heavy (non-hydrogen) atoms. The lowest BCUT2D eigenvalue weighted by molar-refractivity contribution is 0.0973. The van der Waals surface area contributed by atoms with Gasteiger partial charge in [-0.05, 0) is 18.6 Å². The summed E-state index contributed by atoms with van der Waals surface area (Å²) in [5.41, 5.74) is 1.28. The molecule has 0 unspecified atom stereocenters. The fourth-order valence-electron chi connectivity index (χ4n) is 2.59. The van der Waals surface area contributed by atoms with Gasteiger partial charge >= 0.3 is 0 Å². The lowest BCUT2D eigenvalue weighted by Gasteiger charge is -2.21. The molecule has 0 amide bonds. The van der Waals surface area contributed by atoms with E-state index in [1.54, 1.807) is 13.0 Å². The molecule has 4 nitrogen and oxygen atoms in total. The molecule has 0 atom stereocenters. The molecule has 2 aromatic rings. The number of carbonyl (C=O) groups is 3. The van der Waals surface area contributed by atoms with Crippen molar-refractivity contribution in [2.45, 2.75) is 6.92 Å². The Kier molecular flexibility index (Phi) is 2.54. The van der Waals surface area contributed by atoms with Crippen LogP contribution in [0.5, 0.6) is 5.75 Å². The third-order valence-electron chi connectivity index (χ3n) is 3.54. The SMILES string of the molecule is Cc1ccc(C=O)c2c1C(=O)c1c(O)cccc1C2=O. The van der Waals surface area contributed by atoms with Gasteiger partial charge < -0.3 is 5.11 Å². The molecule has 0 spiro atoms. The molecule has 1 aliphatic carbocycles. The second kappa shape index (κ2) is 4.13. The molecule has 3 rings (SSSR count). The molecule has 0 aliphatic heterocycles. The smallest absolute Gasteiger partial charge is 0.198 e. The number of ketones is 2. The number of phenolic OH excluding ortho intramolecular Hbond substituents is 1. The van der Waals surface area contributed by atoms with Crippen molar-refractivity contribution in [1.82, 2.24) is 0 Å². The summed E-state index contributed by atoms with van der Waals surface area (Å²) < 4.78 is 0. The first kappa shape index (κ1) is 12.3. The molecular formula is C16H10O4. The maximum Gasteiger partial charge on any atom is 0.198 e. The fourth-order valence-corrected chi connectivity index (χ4v) is 2.59. The molecule has 0 saturated carbocycles. The summed E-state index contributed by atoms with van der Waals surface area (Å²) >= 11 is 0. The number of fused-ring (bicyclic) bond motifs is 2. The first-order valence-corrected chi connectivity index (χ1v) is 6.06. The molecule has 98 valence electrons. The van der Waals surface area contributed by atoms with Gasteiger partial charge in [-0.2, -0.15) is 0 Å². The van der Waals surface area contributed by atoms with E-state index < -0.39 is 11.6 Å². The van der Waals surface area contributed by atoms with Gasteiger partial charge in [0.05, 0.1) is 5.56 Å². The Labute approximate surface area is 114 Å². The molecule has 1 N–H and O–H groups in total. The minimum Gasteiger partial charge on any atom is -0.507 e. The van der Waals surface area contributed by atoms with Gasteiger partial charge in [-0.25, -0.2) is 0 Å². The normalized spacial score (nSPS) is 12.8. The second-order valence-electron chi connectivity index (χ2n) is 4.70. The van der Waals surface area contributed by atoms with Crippen molar-refractivity contribution in [1.29, 1.82) is 0 Å². The zero-order chi connectivity index (χ0) is 14.4.